The van der Waals surface area contributed by atoms with Crippen molar-refractivity contribution in [3.8, 4) is 0 Å². The molecule has 0 aromatic heterocycles. The molecule has 3 rings (SSSR count). The highest BCUT2D eigenvalue weighted by Gasteiger charge is 2.45. The van der Waals surface area contributed by atoms with Crippen molar-refractivity contribution < 1.29 is 19.5 Å². The number of hydrogen-bond donors (Lipinski definition) is 2. The fourth-order valence-corrected chi connectivity index (χ4v) is 2.98. The molecule has 1 aromatic carbocycles. The zero-order valence-electron chi connectivity index (χ0n) is 12.2. The Morgan fingerprint density at radius 1 is 1.27 bits per heavy atom. The molecule has 6 heteroatoms. The second kappa shape index (κ2) is 5.44. The maximum Gasteiger partial charge on any atom is 0.329 e. The van der Waals surface area contributed by atoms with Gasteiger partial charge in [-0.2, -0.15) is 0 Å². The van der Waals surface area contributed by atoms with Gasteiger partial charge in [-0.25, -0.2) is 4.79 Å². The number of aliphatic carboxylic acids is 1. The summed E-state index contributed by atoms with van der Waals surface area (Å²) in [5.41, 5.74) is 0.563. The predicted molar refractivity (Wildman–Crippen MR) is 78.2 cm³/mol. The smallest absolute Gasteiger partial charge is 0.329 e. The first-order chi connectivity index (χ1) is 10.5. The number of carbonyl (C=O) groups excluding carboxylic acids is 2. The number of hydrogen-bond acceptors (Lipinski definition) is 3. The fourth-order valence-electron chi connectivity index (χ4n) is 2.98. The van der Waals surface area contributed by atoms with Crippen molar-refractivity contribution in [2.75, 3.05) is 6.54 Å². The van der Waals surface area contributed by atoms with Crippen LogP contribution in [0.15, 0.2) is 24.3 Å². The van der Waals surface area contributed by atoms with E-state index in [1.165, 1.54) is 0 Å². The fraction of sp³-hybridized carbons (Fsp3) is 0.438. The van der Waals surface area contributed by atoms with Crippen molar-refractivity contribution in [1.82, 2.24) is 10.2 Å². The third-order valence-electron chi connectivity index (χ3n) is 4.50. The number of nitrogens with one attached hydrogen (secondary N) is 1. The minimum Gasteiger partial charge on any atom is -0.480 e. The minimum absolute atomic E-state index is 0.0695. The molecule has 1 aliphatic heterocycles. The quantitative estimate of drug-likeness (QED) is 0.854. The van der Waals surface area contributed by atoms with Crippen LogP contribution in [-0.2, 0) is 16.1 Å². The molecule has 22 heavy (non-hydrogen) atoms. The molecule has 1 aromatic rings. The molecule has 1 saturated carbocycles. The summed E-state index contributed by atoms with van der Waals surface area (Å²) >= 11 is 0. The standard InChI is InChI=1S/C16H18N2O4/c19-13(17-16(15(21)22)7-3-8-16)6-9-18-10-11-4-1-2-5-12(11)14(18)20/h1-2,4-5H,3,6-10H2,(H,17,19)(H,21,22). The summed E-state index contributed by atoms with van der Waals surface area (Å²) in [4.78, 5) is 37.0. The molecular weight excluding hydrogens is 284 g/mol. The second-order valence-electron chi connectivity index (χ2n) is 5.92. The Hall–Kier alpha value is -2.37. The number of rotatable bonds is 5. The van der Waals surface area contributed by atoms with Crippen molar-refractivity contribution in [2.45, 2.75) is 37.8 Å². The Morgan fingerprint density at radius 3 is 2.59 bits per heavy atom. The van der Waals surface area contributed by atoms with Crippen LogP contribution < -0.4 is 5.32 Å². The van der Waals surface area contributed by atoms with Crippen LogP contribution in [-0.4, -0.2) is 39.9 Å². The first-order valence-corrected chi connectivity index (χ1v) is 7.43. The number of carboxylic acid groups (broad SMARTS) is 1. The van der Waals surface area contributed by atoms with Crippen molar-refractivity contribution >= 4 is 17.8 Å². The first-order valence-electron chi connectivity index (χ1n) is 7.43. The largest absolute Gasteiger partial charge is 0.480 e. The van der Waals surface area contributed by atoms with E-state index in [4.69, 9.17) is 0 Å². The van der Waals surface area contributed by atoms with Gasteiger partial charge in [0, 0.05) is 25.1 Å². The lowest BCUT2D eigenvalue weighted by Gasteiger charge is -2.38. The summed E-state index contributed by atoms with van der Waals surface area (Å²) in [5.74, 6) is -1.36. The zero-order chi connectivity index (χ0) is 15.7. The third-order valence-corrected chi connectivity index (χ3v) is 4.50. The highest BCUT2D eigenvalue weighted by Crippen LogP contribution is 2.32. The highest BCUT2D eigenvalue weighted by molar-refractivity contribution is 5.98. The molecule has 2 amide bonds. The molecule has 0 spiro atoms. The molecule has 6 nitrogen and oxygen atoms in total. The van der Waals surface area contributed by atoms with E-state index in [2.05, 4.69) is 5.32 Å². The topological polar surface area (TPSA) is 86.7 Å². The first kappa shape index (κ1) is 14.6. The van der Waals surface area contributed by atoms with Gasteiger partial charge < -0.3 is 15.3 Å². The molecule has 2 aliphatic rings. The van der Waals surface area contributed by atoms with Gasteiger partial charge in [-0.05, 0) is 30.9 Å². The summed E-state index contributed by atoms with van der Waals surface area (Å²) < 4.78 is 0. The molecule has 1 fully saturated rings. The van der Waals surface area contributed by atoms with Crippen molar-refractivity contribution in [2.24, 2.45) is 0 Å². The van der Waals surface area contributed by atoms with E-state index in [0.717, 1.165) is 12.0 Å². The van der Waals surface area contributed by atoms with Gasteiger partial charge in [-0.3, -0.25) is 9.59 Å². The van der Waals surface area contributed by atoms with E-state index < -0.39 is 11.5 Å². The molecule has 0 unspecified atom stereocenters. The Kier molecular flexibility index (Phi) is 3.60. The van der Waals surface area contributed by atoms with E-state index in [0.29, 0.717) is 31.5 Å². The summed E-state index contributed by atoms with van der Waals surface area (Å²) in [7, 11) is 0. The van der Waals surface area contributed by atoms with Crippen molar-refractivity contribution in [3.63, 3.8) is 0 Å². The molecule has 1 aliphatic carbocycles. The second-order valence-corrected chi connectivity index (χ2v) is 5.92. The normalized spacial score (nSPS) is 18.5. The summed E-state index contributed by atoms with van der Waals surface area (Å²) in [6.45, 7) is 0.807. The summed E-state index contributed by atoms with van der Waals surface area (Å²) in [5, 5.41) is 11.8. The average Bonchev–Trinajstić information content (AvgIpc) is 2.77. The van der Waals surface area contributed by atoms with Gasteiger partial charge >= 0.3 is 5.97 Å². The van der Waals surface area contributed by atoms with Gasteiger partial charge in [0.1, 0.15) is 5.54 Å². The number of benzene rings is 1. The molecule has 0 bridgehead atoms. The predicted octanol–water partition coefficient (Wildman–Crippen LogP) is 1.16. The van der Waals surface area contributed by atoms with E-state index in [9.17, 15) is 19.5 Å². The SMILES string of the molecule is O=C(CCN1Cc2ccccc2C1=O)NC1(C(=O)O)CCC1. The van der Waals surface area contributed by atoms with Crippen LogP contribution in [0.4, 0.5) is 0 Å². The van der Waals surface area contributed by atoms with Gasteiger partial charge in [-0.1, -0.05) is 18.2 Å². The van der Waals surface area contributed by atoms with Crippen LogP contribution in [0, 0.1) is 0 Å². The molecule has 2 N–H and O–H groups in total. The average molecular weight is 302 g/mol. The lowest BCUT2D eigenvalue weighted by atomic mass is 9.76. The van der Waals surface area contributed by atoms with Crippen molar-refractivity contribution in [3.05, 3.63) is 35.4 Å². The zero-order valence-corrected chi connectivity index (χ0v) is 12.2. The van der Waals surface area contributed by atoms with Gasteiger partial charge in [0.25, 0.3) is 5.91 Å². The highest BCUT2D eigenvalue weighted by atomic mass is 16.4. The molecule has 0 radical (unpaired) electrons. The number of nitrogens with zero attached hydrogens (tertiary/aromatic N) is 1. The minimum atomic E-state index is -1.09. The Morgan fingerprint density at radius 2 is 2.00 bits per heavy atom. The monoisotopic (exact) mass is 302 g/mol. The van der Waals surface area contributed by atoms with Crippen LogP contribution in [0.2, 0.25) is 0 Å². The number of amides is 2. The van der Waals surface area contributed by atoms with Gasteiger partial charge in [0.05, 0.1) is 0 Å². The lowest BCUT2D eigenvalue weighted by molar-refractivity contribution is -0.151. The van der Waals surface area contributed by atoms with E-state index in [1.54, 1.807) is 11.0 Å². The lowest BCUT2D eigenvalue weighted by Crippen LogP contribution is -2.59. The van der Waals surface area contributed by atoms with Crippen LogP contribution in [0.3, 0.4) is 0 Å². The summed E-state index contributed by atoms with van der Waals surface area (Å²) in [6.07, 6.45) is 1.88. The van der Waals surface area contributed by atoms with E-state index >= 15 is 0 Å². The molecule has 0 saturated heterocycles. The number of fused-ring (bicyclic) bond motifs is 1. The maximum atomic E-state index is 12.2. The van der Waals surface area contributed by atoms with Gasteiger partial charge in [0.15, 0.2) is 0 Å². The Labute approximate surface area is 128 Å². The van der Waals surface area contributed by atoms with E-state index in [1.807, 2.05) is 18.2 Å². The molecule has 116 valence electrons. The number of carboxylic acids is 1. The van der Waals surface area contributed by atoms with Crippen LogP contribution in [0.25, 0.3) is 0 Å². The van der Waals surface area contributed by atoms with Crippen LogP contribution in [0.5, 0.6) is 0 Å². The van der Waals surface area contributed by atoms with Gasteiger partial charge in [0.2, 0.25) is 5.91 Å². The van der Waals surface area contributed by atoms with Crippen LogP contribution >= 0.6 is 0 Å². The summed E-state index contributed by atoms with van der Waals surface area (Å²) in [6, 6.07) is 7.39. The molecule has 1 heterocycles. The maximum absolute atomic E-state index is 12.2. The van der Waals surface area contributed by atoms with E-state index in [-0.39, 0.29) is 18.2 Å². The molecular formula is C16H18N2O4. The third kappa shape index (κ3) is 2.45. The molecule has 0 atom stereocenters. The van der Waals surface area contributed by atoms with Crippen molar-refractivity contribution in [1.29, 1.82) is 0 Å². The number of carbonyl (C=O) groups is 3. The Balaban J connectivity index is 1.55. The Bertz CT molecular complexity index is 637. The van der Waals surface area contributed by atoms with Crippen LogP contribution in [0.1, 0.15) is 41.6 Å². The van der Waals surface area contributed by atoms with Gasteiger partial charge in [-0.15, -0.1) is 0 Å².